The molecule has 2 rings (SSSR count). The number of nitrogens with zero attached hydrogens (tertiary/aromatic N) is 3. The zero-order valence-corrected chi connectivity index (χ0v) is 13.0. The van der Waals surface area contributed by atoms with Gasteiger partial charge in [0.15, 0.2) is 0 Å². The molecule has 0 spiro atoms. The summed E-state index contributed by atoms with van der Waals surface area (Å²) in [5.74, 6) is 5.23. The van der Waals surface area contributed by atoms with Crippen molar-refractivity contribution >= 4 is 33.5 Å². The summed E-state index contributed by atoms with van der Waals surface area (Å²) >= 11 is 3.09. The lowest BCUT2D eigenvalue weighted by Crippen LogP contribution is -2.15. The van der Waals surface area contributed by atoms with E-state index in [2.05, 4.69) is 41.6 Å². The van der Waals surface area contributed by atoms with Gasteiger partial charge in [-0.15, -0.1) is 0 Å². The van der Waals surface area contributed by atoms with E-state index in [1.165, 1.54) is 6.07 Å². The van der Waals surface area contributed by atoms with Gasteiger partial charge in [0.1, 0.15) is 5.82 Å². The Morgan fingerprint density at radius 2 is 1.95 bits per heavy atom. The van der Waals surface area contributed by atoms with E-state index in [-0.39, 0.29) is 24.0 Å². The summed E-state index contributed by atoms with van der Waals surface area (Å²) in [6.07, 6.45) is -0.101. The Morgan fingerprint density at radius 1 is 1.24 bits per heavy atom. The minimum Gasteiger partial charge on any atom is -0.461 e. The number of nitrogens with one attached hydrogen (secondary N) is 2. The summed E-state index contributed by atoms with van der Waals surface area (Å²) < 4.78 is 19.3. The van der Waals surface area contributed by atoms with Gasteiger partial charge in [-0.25, -0.2) is 10.2 Å². The first-order valence-electron chi connectivity index (χ1n) is 6.09. The number of benzene rings is 1. The fraction of sp³-hybridized carbons (Fsp3) is 0.250. The third-order valence-electron chi connectivity index (χ3n) is 2.26. The van der Waals surface area contributed by atoms with Crippen LogP contribution in [0.15, 0.2) is 22.7 Å². The number of nitrogen functional groups attached to an aromatic ring is 1. The van der Waals surface area contributed by atoms with Crippen LogP contribution in [0.1, 0.15) is 13.8 Å². The van der Waals surface area contributed by atoms with E-state index in [0.29, 0.717) is 10.2 Å². The molecule has 0 atom stereocenters. The van der Waals surface area contributed by atoms with Crippen LogP contribution >= 0.6 is 15.9 Å². The molecule has 0 bridgehead atoms. The average molecular weight is 357 g/mol. The number of ether oxygens (including phenoxy) is 1. The van der Waals surface area contributed by atoms with Crippen molar-refractivity contribution in [3.8, 4) is 6.01 Å². The van der Waals surface area contributed by atoms with Gasteiger partial charge in [0, 0.05) is 5.69 Å². The molecule has 7 nitrogen and oxygen atoms in total. The molecule has 2 aromatic rings. The minimum absolute atomic E-state index is 0.101. The minimum atomic E-state index is -0.398. The highest BCUT2D eigenvalue weighted by molar-refractivity contribution is 9.10. The van der Waals surface area contributed by atoms with Crippen LogP contribution in [0.3, 0.4) is 0 Å². The Balaban J connectivity index is 2.27. The summed E-state index contributed by atoms with van der Waals surface area (Å²) in [5, 5.41) is 2.86. The highest BCUT2D eigenvalue weighted by Gasteiger charge is 2.09. The van der Waals surface area contributed by atoms with Crippen LogP contribution in [-0.2, 0) is 0 Å². The van der Waals surface area contributed by atoms with Gasteiger partial charge in [-0.05, 0) is 48.0 Å². The summed E-state index contributed by atoms with van der Waals surface area (Å²) in [5.41, 5.74) is 2.81. The van der Waals surface area contributed by atoms with Crippen molar-refractivity contribution in [1.82, 2.24) is 15.0 Å². The van der Waals surface area contributed by atoms with Gasteiger partial charge in [-0.1, -0.05) is 0 Å². The topological polar surface area (TPSA) is 98.0 Å². The first-order chi connectivity index (χ1) is 9.97. The summed E-state index contributed by atoms with van der Waals surface area (Å²) in [6, 6.07) is 4.68. The normalized spacial score (nSPS) is 10.6. The van der Waals surface area contributed by atoms with Crippen molar-refractivity contribution in [2.75, 3.05) is 10.7 Å². The number of anilines is 3. The SMILES string of the molecule is CC(C)Oc1nc(NN)nc(Nc2ccc(Br)c(F)c2)n1. The van der Waals surface area contributed by atoms with E-state index in [1.807, 2.05) is 13.8 Å². The van der Waals surface area contributed by atoms with E-state index in [4.69, 9.17) is 10.6 Å². The lowest BCUT2D eigenvalue weighted by Gasteiger charge is -2.11. The average Bonchev–Trinajstić information content (AvgIpc) is 2.42. The summed E-state index contributed by atoms with van der Waals surface area (Å²) in [4.78, 5) is 12.1. The fourth-order valence-corrected chi connectivity index (χ4v) is 1.69. The van der Waals surface area contributed by atoms with Crippen LogP contribution in [-0.4, -0.2) is 21.1 Å². The number of rotatable bonds is 5. The number of hydrogen-bond donors (Lipinski definition) is 3. The van der Waals surface area contributed by atoms with Gasteiger partial charge < -0.3 is 10.1 Å². The standard InChI is InChI=1S/C12H14BrFN6O/c1-6(2)21-12-18-10(17-11(19-12)20-15)16-7-3-4-8(13)9(14)5-7/h3-6H,15H2,1-2H3,(H2,16,17,18,19,20). The lowest BCUT2D eigenvalue weighted by molar-refractivity contribution is 0.222. The lowest BCUT2D eigenvalue weighted by atomic mass is 10.3. The molecule has 0 aliphatic carbocycles. The highest BCUT2D eigenvalue weighted by atomic mass is 79.9. The molecule has 0 aliphatic heterocycles. The van der Waals surface area contributed by atoms with Crippen molar-refractivity contribution in [2.45, 2.75) is 20.0 Å². The van der Waals surface area contributed by atoms with Crippen molar-refractivity contribution in [2.24, 2.45) is 5.84 Å². The molecule has 1 aromatic heterocycles. The third kappa shape index (κ3) is 4.23. The van der Waals surface area contributed by atoms with Gasteiger partial charge in [-0.2, -0.15) is 15.0 Å². The number of aromatic nitrogens is 3. The van der Waals surface area contributed by atoms with Crippen LogP contribution in [0.4, 0.5) is 22.0 Å². The second kappa shape index (κ2) is 6.64. The Bertz CT molecular complexity index is 639. The molecular weight excluding hydrogens is 343 g/mol. The molecule has 1 heterocycles. The Hall–Kier alpha value is -2.00. The van der Waals surface area contributed by atoms with Gasteiger partial charge in [0.2, 0.25) is 11.9 Å². The third-order valence-corrected chi connectivity index (χ3v) is 2.90. The smallest absolute Gasteiger partial charge is 0.323 e. The van der Waals surface area contributed by atoms with Crippen molar-refractivity contribution in [1.29, 1.82) is 0 Å². The number of halogens is 2. The van der Waals surface area contributed by atoms with E-state index in [1.54, 1.807) is 12.1 Å². The van der Waals surface area contributed by atoms with Crippen molar-refractivity contribution < 1.29 is 9.13 Å². The van der Waals surface area contributed by atoms with Gasteiger partial charge in [0.25, 0.3) is 0 Å². The second-order valence-electron chi connectivity index (χ2n) is 4.33. The predicted octanol–water partition coefficient (Wildman–Crippen LogP) is 2.59. The molecule has 1 aromatic carbocycles. The molecule has 0 unspecified atom stereocenters. The molecule has 0 saturated heterocycles. The molecule has 9 heteroatoms. The molecule has 0 amide bonds. The van der Waals surface area contributed by atoms with Crippen LogP contribution in [0.2, 0.25) is 0 Å². The van der Waals surface area contributed by atoms with Crippen LogP contribution in [0.25, 0.3) is 0 Å². The van der Waals surface area contributed by atoms with Gasteiger partial charge in [-0.3, -0.25) is 5.43 Å². The Kier molecular flexibility index (Phi) is 4.86. The van der Waals surface area contributed by atoms with E-state index in [0.717, 1.165) is 0 Å². The number of hydrogen-bond acceptors (Lipinski definition) is 7. The summed E-state index contributed by atoms with van der Waals surface area (Å²) in [7, 11) is 0. The molecule has 0 fully saturated rings. The zero-order chi connectivity index (χ0) is 15.4. The number of hydrazine groups is 1. The zero-order valence-electron chi connectivity index (χ0n) is 11.4. The molecule has 0 radical (unpaired) electrons. The maximum absolute atomic E-state index is 13.5. The van der Waals surface area contributed by atoms with Crippen molar-refractivity contribution in [3.63, 3.8) is 0 Å². The first-order valence-corrected chi connectivity index (χ1v) is 6.88. The first kappa shape index (κ1) is 15.4. The van der Waals surface area contributed by atoms with Crippen LogP contribution in [0, 0.1) is 5.82 Å². The van der Waals surface area contributed by atoms with E-state index in [9.17, 15) is 4.39 Å². The molecule has 0 saturated carbocycles. The monoisotopic (exact) mass is 356 g/mol. The van der Waals surface area contributed by atoms with E-state index >= 15 is 0 Å². The molecule has 4 N–H and O–H groups in total. The quantitative estimate of drug-likeness (QED) is 0.559. The molecule has 0 aliphatic rings. The highest BCUT2D eigenvalue weighted by Crippen LogP contribution is 2.22. The maximum Gasteiger partial charge on any atom is 0.323 e. The van der Waals surface area contributed by atoms with Gasteiger partial charge in [0.05, 0.1) is 10.6 Å². The van der Waals surface area contributed by atoms with Crippen molar-refractivity contribution in [3.05, 3.63) is 28.5 Å². The van der Waals surface area contributed by atoms with Crippen LogP contribution < -0.4 is 21.3 Å². The van der Waals surface area contributed by atoms with E-state index < -0.39 is 5.82 Å². The number of nitrogens with two attached hydrogens (primary N) is 1. The Labute approximate surface area is 129 Å². The predicted molar refractivity (Wildman–Crippen MR) is 80.8 cm³/mol. The molecular formula is C12H14BrFN6O. The molecule has 21 heavy (non-hydrogen) atoms. The Morgan fingerprint density at radius 3 is 2.57 bits per heavy atom. The fourth-order valence-electron chi connectivity index (χ4n) is 1.44. The van der Waals surface area contributed by atoms with Crippen LogP contribution in [0.5, 0.6) is 6.01 Å². The van der Waals surface area contributed by atoms with Gasteiger partial charge >= 0.3 is 6.01 Å². The molecule has 112 valence electrons. The summed E-state index contributed by atoms with van der Waals surface area (Å²) in [6.45, 7) is 3.69. The largest absolute Gasteiger partial charge is 0.461 e. The second-order valence-corrected chi connectivity index (χ2v) is 5.18. The maximum atomic E-state index is 13.5.